The van der Waals surface area contributed by atoms with Crippen LogP contribution >= 0.6 is 0 Å². The molecule has 1 aliphatic heterocycles. The first-order valence-corrected chi connectivity index (χ1v) is 8.63. The average Bonchev–Trinajstić information content (AvgIpc) is 3.02. The first kappa shape index (κ1) is 18.4. The van der Waals surface area contributed by atoms with Crippen LogP contribution in [0.3, 0.4) is 0 Å². The van der Waals surface area contributed by atoms with E-state index in [0.29, 0.717) is 19.7 Å². The SMILES string of the molecule is O=C(O)c1cccc(C(=O)NC2CC(=O)N(CCOc3ccccc3)C2)c1. The standard InChI is InChI=1S/C20H20N2O5/c23-18-12-16(13-22(18)9-10-27-17-7-2-1-3-8-17)21-19(24)14-5-4-6-15(11-14)20(25)26/h1-8,11,16H,9-10,12-13H2,(H,21,24)(H,25,26). The highest BCUT2D eigenvalue weighted by Gasteiger charge is 2.30. The molecule has 1 unspecified atom stereocenters. The lowest BCUT2D eigenvalue weighted by atomic mass is 10.1. The van der Waals surface area contributed by atoms with Crippen molar-refractivity contribution in [3.05, 3.63) is 65.7 Å². The number of likely N-dealkylation sites (tertiary alicyclic amines) is 1. The number of benzene rings is 2. The number of nitrogens with zero attached hydrogens (tertiary/aromatic N) is 1. The van der Waals surface area contributed by atoms with E-state index in [4.69, 9.17) is 9.84 Å². The van der Waals surface area contributed by atoms with Crippen molar-refractivity contribution in [3.8, 4) is 5.75 Å². The molecule has 0 bridgehead atoms. The number of rotatable bonds is 7. The zero-order valence-electron chi connectivity index (χ0n) is 14.6. The number of ether oxygens (including phenoxy) is 1. The molecule has 140 valence electrons. The molecule has 7 heteroatoms. The molecule has 0 radical (unpaired) electrons. The Morgan fingerprint density at radius 1 is 1.11 bits per heavy atom. The van der Waals surface area contributed by atoms with E-state index in [2.05, 4.69) is 5.32 Å². The van der Waals surface area contributed by atoms with Gasteiger partial charge in [0, 0.05) is 18.5 Å². The molecule has 3 rings (SSSR count). The zero-order chi connectivity index (χ0) is 19.2. The highest BCUT2D eigenvalue weighted by atomic mass is 16.5. The Balaban J connectivity index is 1.50. The molecule has 0 saturated carbocycles. The molecule has 2 aromatic carbocycles. The minimum Gasteiger partial charge on any atom is -0.492 e. The largest absolute Gasteiger partial charge is 0.492 e. The van der Waals surface area contributed by atoms with E-state index in [9.17, 15) is 14.4 Å². The summed E-state index contributed by atoms with van der Waals surface area (Å²) in [4.78, 5) is 37.1. The Labute approximate surface area is 156 Å². The van der Waals surface area contributed by atoms with Crippen LogP contribution in [0.5, 0.6) is 5.75 Å². The van der Waals surface area contributed by atoms with Crippen LogP contribution in [0.1, 0.15) is 27.1 Å². The second-order valence-electron chi connectivity index (χ2n) is 6.26. The third-order valence-corrected chi connectivity index (χ3v) is 4.29. The first-order chi connectivity index (χ1) is 13.0. The number of nitrogens with one attached hydrogen (secondary N) is 1. The molecule has 2 N–H and O–H groups in total. The highest BCUT2D eigenvalue weighted by molar-refractivity contribution is 5.98. The third kappa shape index (κ3) is 4.84. The van der Waals surface area contributed by atoms with Gasteiger partial charge in [0.1, 0.15) is 12.4 Å². The van der Waals surface area contributed by atoms with Crippen LogP contribution < -0.4 is 10.1 Å². The molecule has 1 atom stereocenters. The number of carbonyl (C=O) groups excluding carboxylic acids is 2. The number of carbonyl (C=O) groups is 3. The number of hydrogen-bond acceptors (Lipinski definition) is 4. The van der Waals surface area contributed by atoms with Gasteiger partial charge in [0.15, 0.2) is 0 Å². The summed E-state index contributed by atoms with van der Waals surface area (Å²) < 4.78 is 5.60. The smallest absolute Gasteiger partial charge is 0.335 e. The zero-order valence-corrected chi connectivity index (χ0v) is 14.6. The van der Waals surface area contributed by atoms with E-state index in [1.807, 2.05) is 30.3 Å². The van der Waals surface area contributed by atoms with Gasteiger partial charge >= 0.3 is 5.97 Å². The molecule has 27 heavy (non-hydrogen) atoms. The Hall–Kier alpha value is -3.35. The Kier molecular flexibility index (Phi) is 5.71. The number of carboxylic acids is 1. The summed E-state index contributed by atoms with van der Waals surface area (Å²) in [6.07, 6.45) is 0.218. The molecule has 1 aliphatic rings. The van der Waals surface area contributed by atoms with Crippen molar-refractivity contribution in [2.45, 2.75) is 12.5 Å². The quantitative estimate of drug-likeness (QED) is 0.777. The van der Waals surface area contributed by atoms with Crippen LogP contribution in [-0.2, 0) is 4.79 Å². The van der Waals surface area contributed by atoms with Crippen LogP contribution in [0.4, 0.5) is 0 Å². The number of aromatic carboxylic acids is 1. The van der Waals surface area contributed by atoms with Crippen LogP contribution in [0, 0.1) is 0 Å². The fourth-order valence-corrected chi connectivity index (χ4v) is 2.94. The number of hydrogen-bond donors (Lipinski definition) is 2. The van der Waals surface area contributed by atoms with Gasteiger partial charge < -0.3 is 20.1 Å². The Bertz CT molecular complexity index is 837. The Morgan fingerprint density at radius 3 is 2.59 bits per heavy atom. The summed E-state index contributed by atoms with van der Waals surface area (Å²) >= 11 is 0. The first-order valence-electron chi connectivity index (χ1n) is 8.63. The van der Waals surface area contributed by atoms with Crippen LogP contribution in [0.15, 0.2) is 54.6 Å². The van der Waals surface area contributed by atoms with Gasteiger partial charge in [0.2, 0.25) is 5.91 Å². The van der Waals surface area contributed by atoms with Crippen molar-refractivity contribution in [2.24, 2.45) is 0 Å². The van der Waals surface area contributed by atoms with Gasteiger partial charge in [-0.15, -0.1) is 0 Å². The van der Waals surface area contributed by atoms with E-state index in [-0.39, 0.29) is 29.5 Å². The van der Waals surface area contributed by atoms with Crippen LogP contribution in [0.2, 0.25) is 0 Å². The minimum absolute atomic E-state index is 0.0451. The predicted octanol–water partition coefficient (Wildman–Crippen LogP) is 1.79. The van der Waals surface area contributed by atoms with Gasteiger partial charge in [-0.2, -0.15) is 0 Å². The maximum atomic E-state index is 12.3. The molecule has 2 aromatic rings. The summed E-state index contributed by atoms with van der Waals surface area (Å²) in [5.74, 6) is -0.785. The van der Waals surface area contributed by atoms with Gasteiger partial charge in [-0.1, -0.05) is 24.3 Å². The van der Waals surface area contributed by atoms with E-state index in [1.54, 1.807) is 11.0 Å². The maximum absolute atomic E-state index is 12.3. The van der Waals surface area contributed by atoms with E-state index >= 15 is 0 Å². The molecule has 1 saturated heterocycles. The summed E-state index contributed by atoms with van der Waals surface area (Å²) in [6.45, 7) is 1.22. The number of carboxylic acid groups (broad SMARTS) is 1. The van der Waals surface area contributed by atoms with Gasteiger partial charge in [-0.05, 0) is 30.3 Å². The van der Waals surface area contributed by atoms with E-state index < -0.39 is 11.9 Å². The lowest BCUT2D eigenvalue weighted by Gasteiger charge is -2.17. The number of amides is 2. The Morgan fingerprint density at radius 2 is 1.85 bits per heavy atom. The minimum atomic E-state index is -1.09. The van der Waals surface area contributed by atoms with Gasteiger partial charge in [-0.25, -0.2) is 4.79 Å². The van der Waals surface area contributed by atoms with E-state index in [1.165, 1.54) is 18.2 Å². The normalized spacial score (nSPS) is 16.2. The van der Waals surface area contributed by atoms with Crippen molar-refractivity contribution in [2.75, 3.05) is 19.7 Å². The summed E-state index contributed by atoms with van der Waals surface area (Å²) in [5.41, 5.74) is 0.304. The molecule has 7 nitrogen and oxygen atoms in total. The summed E-state index contributed by atoms with van der Waals surface area (Å²) in [5, 5.41) is 11.8. The molecular formula is C20H20N2O5. The predicted molar refractivity (Wildman–Crippen MR) is 97.8 cm³/mol. The highest BCUT2D eigenvalue weighted by Crippen LogP contribution is 2.14. The molecule has 1 heterocycles. The van der Waals surface area contributed by atoms with Crippen molar-refractivity contribution < 1.29 is 24.2 Å². The van der Waals surface area contributed by atoms with Gasteiger partial charge in [0.05, 0.1) is 18.2 Å². The van der Waals surface area contributed by atoms with Crippen molar-refractivity contribution in [1.82, 2.24) is 10.2 Å². The molecule has 1 fully saturated rings. The lowest BCUT2D eigenvalue weighted by molar-refractivity contribution is -0.128. The van der Waals surface area contributed by atoms with Crippen molar-refractivity contribution >= 4 is 17.8 Å². The molecule has 0 aromatic heterocycles. The molecule has 0 spiro atoms. The second-order valence-corrected chi connectivity index (χ2v) is 6.26. The number of para-hydroxylation sites is 1. The monoisotopic (exact) mass is 368 g/mol. The molecular weight excluding hydrogens is 348 g/mol. The molecule has 0 aliphatic carbocycles. The fourth-order valence-electron chi connectivity index (χ4n) is 2.94. The maximum Gasteiger partial charge on any atom is 0.335 e. The summed E-state index contributed by atoms with van der Waals surface area (Å²) in [7, 11) is 0. The van der Waals surface area contributed by atoms with Gasteiger partial charge in [0.25, 0.3) is 5.91 Å². The molecule has 2 amide bonds. The fraction of sp³-hybridized carbons (Fsp3) is 0.250. The van der Waals surface area contributed by atoms with E-state index in [0.717, 1.165) is 5.75 Å². The van der Waals surface area contributed by atoms with Crippen molar-refractivity contribution in [1.29, 1.82) is 0 Å². The van der Waals surface area contributed by atoms with Crippen molar-refractivity contribution in [3.63, 3.8) is 0 Å². The second kappa shape index (κ2) is 8.35. The lowest BCUT2D eigenvalue weighted by Crippen LogP contribution is -2.38. The third-order valence-electron chi connectivity index (χ3n) is 4.29. The van der Waals surface area contributed by atoms with Crippen LogP contribution in [0.25, 0.3) is 0 Å². The topological polar surface area (TPSA) is 95.9 Å². The van der Waals surface area contributed by atoms with Gasteiger partial charge in [-0.3, -0.25) is 9.59 Å². The van der Waals surface area contributed by atoms with Crippen LogP contribution in [-0.4, -0.2) is 53.5 Å². The summed E-state index contributed by atoms with van der Waals surface area (Å²) in [6, 6.07) is 14.8. The average molecular weight is 368 g/mol.